The number of methoxy groups -OCH3 is 1. The first-order chi connectivity index (χ1) is 17.6. The molecule has 0 aromatic heterocycles. The van der Waals surface area contributed by atoms with E-state index in [0.29, 0.717) is 23.4 Å². The molecule has 1 aliphatic rings. The van der Waals surface area contributed by atoms with Crippen LogP contribution >= 0.6 is 0 Å². The van der Waals surface area contributed by atoms with Gasteiger partial charge >= 0.3 is 0 Å². The Kier molecular flexibility index (Phi) is 7.38. The molecule has 2 amide bonds. The van der Waals surface area contributed by atoms with Gasteiger partial charge in [0.1, 0.15) is 5.75 Å². The van der Waals surface area contributed by atoms with Gasteiger partial charge in [-0.3, -0.25) is 9.59 Å². The Morgan fingerprint density at radius 3 is 2.14 bits per heavy atom. The molecule has 194 valence electrons. The zero-order valence-corrected chi connectivity index (χ0v) is 22.4. The van der Waals surface area contributed by atoms with Crippen LogP contribution in [-0.4, -0.2) is 51.8 Å². The van der Waals surface area contributed by atoms with Crippen molar-refractivity contribution < 1.29 is 22.7 Å². The smallest absolute Gasteiger partial charge is 0.258 e. The Morgan fingerprint density at radius 1 is 0.946 bits per heavy atom. The lowest BCUT2D eigenvalue weighted by atomic mass is 9.89. The minimum atomic E-state index is -3.59. The van der Waals surface area contributed by atoms with Crippen LogP contribution < -0.4 is 14.5 Å². The lowest BCUT2D eigenvalue weighted by Crippen LogP contribution is -2.47. The molecule has 0 saturated heterocycles. The number of anilines is 2. The van der Waals surface area contributed by atoms with Crippen molar-refractivity contribution in [1.82, 2.24) is 4.31 Å². The average molecular weight is 522 g/mol. The highest BCUT2D eigenvalue weighted by Crippen LogP contribution is 2.43. The van der Waals surface area contributed by atoms with Crippen molar-refractivity contribution in [2.45, 2.75) is 37.2 Å². The minimum absolute atomic E-state index is 0.131. The number of hydrogen-bond donors (Lipinski definition) is 0. The molecule has 0 fully saturated rings. The molecule has 9 heteroatoms. The van der Waals surface area contributed by atoms with E-state index >= 15 is 0 Å². The maximum absolute atomic E-state index is 13.6. The number of benzene rings is 3. The summed E-state index contributed by atoms with van der Waals surface area (Å²) in [6.45, 7) is 3.46. The summed E-state index contributed by atoms with van der Waals surface area (Å²) in [5.41, 5.74) is 2.72. The van der Waals surface area contributed by atoms with Crippen LogP contribution in [0.2, 0.25) is 0 Å². The van der Waals surface area contributed by atoms with Crippen LogP contribution in [0.25, 0.3) is 0 Å². The SMILES string of the molecule is COc1ccc(C(=O)N2c3ccccc3C(N(C(C)=O)c3ccc(S(=O)(=O)N(C)C)cc3)CC2C)cc1. The fourth-order valence-electron chi connectivity index (χ4n) is 4.78. The monoisotopic (exact) mass is 521 g/mol. The summed E-state index contributed by atoms with van der Waals surface area (Å²) in [5.74, 6) is 0.365. The topological polar surface area (TPSA) is 87.2 Å². The summed E-state index contributed by atoms with van der Waals surface area (Å²) in [5, 5.41) is 0. The van der Waals surface area contributed by atoms with E-state index in [-0.39, 0.29) is 28.8 Å². The summed E-state index contributed by atoms with van der Waals surface area (Å²) in [4.78, 5) is 30.1. The van der Waals surface area contributed by atoms with Crippen LogP contribution in [0.4, 0.5) is 11.4 Å². The Labute approximate surface area is 218 Å². The van der Waals surface area contributed by atoms with Crippen molar-refractivity contribution >= 4 is 33.2 Å². The third-order valence-electron chi connectivity index (χ3n) is 6.66. The van der Waals surface area contributed by atoms with Crippen molar-refractivity contribution in [3.05, 3.63) is 83.9 Å². The fraction of sp³-hybridized carbons (Fsp3) is 0.286. The molecule has 2 atom stereocenters. The van der Waals surface area contributed by atoms with E-state index in [1.165, 1.54) is 33.2 Å². The molecule has 0 N–H and O–H groups in total. The molecular formula is C28H31N3O5S. The van der Waals surface area contributed by atoms with Crippen LogP contribution in [0.15, 0.2) is 77.7 Å². The third kappa shape index (κ3) is 4.97. The van der Waals surface area contributed by atoms with E-state index in [2.05, 4.69) is 0 Å². The third-order valence-corrected chi connectivity index (χ3v) is 8.49. The van der Waals surface area contributed by atoms with Crippen molar-refractivity contribution in [3.8, 4) is 5.75 Å². The van der Waals surface area contributed by atoms with Crippen LogP contribution in [0, 0.1) is 0 Å². The average Bonchev–Trinajstić information content (AvgIpc) is 2.88. The second kappa shape index (κ2) is 10.4. The highest BCUT2D eigenvalue weighted by molar-refractivity contribution is 7.89. The number of carbonyl (C=O) groups excluding carboxylic acids is 2. The quantitative estimate of drug-likeness (QED) is 0.477. The highest BCUT2D eigenvalue weighted by Gasteiger charge is 2.38. The van der Waals surface area contributed by atoms with E-state index in [1.54, 1.807) is 53.3 Å². The van der Waals surface area contributed by atoms with Gasteiger partial charge in [0.2, 0.25) is 15.9 Å². The summed E-state index contributed by atoms with van der Waals surface area (Å²) in [7, 11) is 0.940. The molecule has 4 rings (SSSR count). The zero-order chi connectivity index (χ0) is 26.9. The minimum Gasteiger partial charge on any atom is -0.497 e. The first kappa shape index (κ1) is 26.4. The number of carbonyl (C=O) groups is 2. The lowest BCUT2D eigenvalue weighted by molar-refractivity contribution is -0.117. The second-order valence-corrected chi connectivity index (χ2v) is 11.4. The van der Waals surface area contributed by atoms with Crippen LogP contribution in [0.3, 0.4) is 0 Å². The van der Waals surface area contributed by atoms with Gasteiger partial charge in [0.25, 0.3) is 5.91 Å². The maximum Gasteiger partial charge on any atom is 0.258 e. The summed E-state index contributed by atoms with van der Waals surface area (Å²) >= 11 is 0. The Balaban J connectivity index is 1.73. The first-order valence-electron chi connectivity index (χ1n) is 11.9. The standard InChI is InChI=1S/C28H31N3O5S/c1-19-18-27(31(20(2)32)22-12-16-24(17-13-22)37(34,35)29(3)4)25-8-6-7-9-26(25)30(19)28(33)21-10-14-23(36-5)15-11-21/h6-17,19,27H,18H2,1-5H3. The van der Waals surface area contributed by atoms with Crippen LogP contribution in [0.5, 0.6) is 5.75 Å². The van der Waals surface area contributed by atoms with Gasteiger partial charge in [0.05, 0.1) is 18.0 Å². The number of nitrogens with zero attached hydrogens (tertiary/aromatic N) is 3. The van der Waals surface area contributed by atoms with E-state index in [1.807, 2.05) is 31.2 Å². The molecule has 0 aliphatic carbocycles. The molecule has 0 saturated carbocycles. The largest absolute Gasteiger partial charge is 0.497 e. The molecule has 8 nitrogen and oxygen atoms in total. The van der Waals surface area contributed by atoms with Gasteiger partial charge in [0, 0.05) is 44.0 Å². The van der Waals surface area contributed by atoms with Gasteiger partial charge in [0.15, 0.2) is 0 Å². The molecule has 37 heavy (non-hydrogen) atoms. The number of para-hydroxylation sites is 1. The summed E-state index contributed by atoms with van der Waals surface area (Å²) < 4.78 is 31.4. The van der Waals surface area contributed by atoms with Crippen LogP contribution in [-0.2, 0) is 14.8 Å². The van der Waals surface area contributed by atoms with Gasteiger partial charge in [-0.05, 0) is 73.5 Å². The Hall–Kier alpha value is -3.69. The van der Waals surface area contributed by atoms with Gasteiger partial charge < -0.3 is 14.5 Å². The molecule has 1 aliphatic heterocycles. The van der Waals surface area contributed by atoms with Gasteiger partial charge in [-0.1, -0.05) is 18.2 Å². The predicted octanol–water partition coefficient (Wildman–Crippen LogP) is 4.48. The molecule has 0 bridgehead atoms. The molecule has 3 aromatic rings. The number of rotatable bonds is 6. The second-order valence-electron chi connectivity index (χ2n) is 9.23. The maximum atomic E-state index is 13.6. The summed E-state index contributed by atoms with van der Waals surface area (Å²) in [6, 6.07) is 20.4. The number of ether oxygens (including phenoxy) is 1. The van der Waals surface area contributed by atoms with E-state index in [0.717, 1.165) is 15.6 Å². The molecule has 3 aromatic carbocycles. The normalized spacial score (nSPS) is 17.3. The first-order valence-corrected chi connectivity index (χ1v) is 13.4. The Bertz CT molecular complexity index is 1400. The van der Waals surface area contributed by atoms with Crippen molar-refractivity contribution in [3.63, 3.8) is 0 Å². The molecule has 0 radical (unpaired) electrons. The number of amides is 2. The number of sulfonamides is 1. The van der Waals surface area contributed by atoms with E-state index in [4.69, 9.17) is 4.74 Å². The number of hydrogen-bond acceptors (Lipinski definition) is 5. The van der Waals surface area contributed by atoms with E-state index < -0.39 is 10.0 Å². The van der Waals surface area contributed by atoms with Gasteiger partial charge in [-0.2, -0.15) is 0 Å². The van der Waals surface area contributed by atoms with Crippen molar-refractivity contribution in [2.24, 2.45) is 0 Å². The summed E-state index contributed by atoms with van der Waals surface area (Å²) in [6.07, 6.45) is 0.510. The van der Waals surface area contributed by atoms with Crippen molar-refractivity contribution in [1.29, 1.82) is 0 Å². The lowest BCUT2D eigenvalue weighted by Gasteiger charge is -2.43. The predicted molar refractivity (Wildman–Crippen MR) is 144 cm³/mol. The molecule has 1 heterocycles. The van der Waals surface area contributed by atoms with Gasteiger partial charge in [-0.25, -0.2) is 12.7 Å². The van der Waals surface area contributed by atoms with Gasteiger partial charge in [-0.15, -0.1) is 0 Å². The van der Waals surface area contributed by atoms with Crippen molar-refractivity contribution in [2.75, 3.05) is 31.0 Å². The Morgan fingerprint density at radius 2 is 1.57 bits per heavy atom. The highest BCUT2D eigenvalue weighted by atomic mass is 32.2. The molecule has 0 spiro atoms. The number of fused-ring (bicyclic) bond motifs is 1. The van der Waals surface area contributed by atoms with Crippen LogP contribution in [0.1, 0.15) is 42.2 Å². The fourth-order valence-corrected chi connectivity index (χ4v) is 5.68. The van der Waals surface area contributed by atoms with E-state index in [9.17, 15) is 18.0 Å². The molecular weight excluding hydrogens is 490 g/mol. The zero-order valence-electron chi connectivity index (χ0n) is 21.6. The molecule has 2 unspecified atom stereocenters.